The van der Waals surface area contributed by atoms with E-state index in [1.165, 1.54) is 0 Å². The van der Waals surface area contributed by atoms with Gasteiger partial charge in [-0.1, -0.05) is 0 Å². The molecule has 3 rings (SSSR count). The van der Waals surface area contributed by atoms with Crippen molar-refractivity contribution in [2.45, 2.75) is 12.0 Å². The number of aliphatic imine (C=N–C) groups is 2. The van der Waals surface area contributed by atoms with Crippen molar-refractivity contribution in [1.29, 1.82) is 0 Å². The molecule has 1 atom stereocenters. The zero-order valence-electron chi connectivity index (χ0n) is 6.82. The van der Waals surface area contributed by atoms with Crippen molar-refractivity contribution in [3.05, 3.63) is 23.4 Å². The van der Waals surface area contributed by atoms with Crippen LogP contribution in [0.4, 0.5) is 0 Å². The van der Waals surface area contributed by atoms with Crippen LogP contribution in [0.1, 0.15) is 6.42 Å². The van der Waals surface area contributed by atoms with Gasteiger partial charge in [0.2, 0.25) is 5.54 Å². The van der Waals surface area contributed by atoms with Crippen LogP contribution in [0, 0.1) is 0 Å². The molecular weight excluding hydrogens is 166 g/mol. The van der Waals surface area contributed by atoms with E-state index in [0.717, 1.165) is 17.7 Å². The number of rotatable bonds is 1. The fraction of sp³-hybridized carbons (Fsp3) is 0.222. The Morgan fingerprint density at radius 3 is 3.15 bits per heavy atom. The molecule has 0 saturated carbocycles. The molecule has 2 aliphatic heterocycles. The van der Waals surface area contributed by atoms with Gasteiger partial charge in [-0.3, -0.25) is 14.8 Å². The van der Waals surface area contributed by atoms with Crippen molar-refractivity contribution < 1.29 is 4.79 Å². The molecule has 0 radical (unpaired) electrons. The van der Waals surface area contributed by atoms with Gasteiger partial charge in [0.25, 0.3) is 5.91 Å². The molecule has 4 heteroatoms. The van der Waals surface area contributed by atoms with Crippen LogP contribution >= 0.6 is 0 Å². The predicted molar refractivity (Wildman–Crippen MR) is 48.6 cm³/mol. The van der Waals surface area contributed by atoms with E-state index in [2.05, 4.69) is 9.98 Å². The highest BCUT2D eigenvalue weighted by Crippen LogP contribution is 2.49. The molecule has 64 valence electrons. The number of carbonyl (C=O) groups excluding carboxylic acids is 1. The third-order valence-corrected chi connectivity index (χ3v) is 2.60. The van der Waals surface area contributed by atoms with Crippen LogP contribution in [0.15, 0.2) is 33.4 Å². The number of hydrogen-bond donors (Lipinski definition) is 1. The van der Waals surface area contributed by atoms with Crippen molar-refractivity contribution in [3.63, 3.8) is 0 Å². The Labute approximate surface area is 74.6 Å². The van der Waals surface area contributed by atoms with Crippen LogP contribution in [0.25, 0.3) is 0 Å². The summed E-state index contributed by atoms with van der Waals surface area (Å²) >= 11 is 0. The van der Waals surface area contributed by atoms with Crippen molar-refractivity contribution in [2.24, 2.45) is 15.7 Å². The van der Waals surface area contributed by atoms with E-state index in [4.69, 9.17) is 5.73 Å². The molecule has 13 heavy (non-hydrogen) atoms. The minimum Gasteiger partial charge on any atom is -0.367 e. The Balaban J connectivity index is 2.24. The third kappa shape index (κ3) is 0.601. The normalized spacial score (nSPS) is 32.8. The smallest absolute Gasteiger partial charge is 0.255 e. The van der Waals surface area contributed by atoms with Gasteiger partial charge in [0.05, 0.1) is 5.71 Å². The Bertz CT molecular complexity index is 442. The first-order chi connectivity index (χ1) is 6.25. The fourth-order valence-electron chi connectivity index (χ4n) is 1.88. The molecule has 0 spiro atoms. The first-order valence-corrected chi connectivity index (χ1v) is 4.08. The van der Waals surface area contributed by atoms with Crippen LogP contribution in [0.2, 0.25) is 0 Å². The van der Waals surface area contributed by atoms with Gasteiger partial charge in [-0.15, -0.1) is 0 Å². The number of hydrogen-bond acceptors (Lipinski definition) is 3. The standard InChI is InChI=1S/C9H7N3O/c10-8(13)9-5-4-6(5)12-7(9)2-1-3-11-9/h1-3H,4H2,(H2,10,13). The van der Waals surface area contributed by atoms with Crippen LogP contribution in [-0.2, 0) is 4.79 Å². The number of dihydropyridines is 1. The topological polar surface area (TPSA) is 67.8 Å². The van der Waals surface area contributed by atoms with Gasteiger partial charge in [0, 0.05) is 23.9 Å². The third-order valence-electron chi connectivity index (χ3n) is 2.60. The molecule has 0 bridgehead atoms. The van der Waals surface area contributed by atoms with E-state index < -0.39 is 11.4 Å². The highest BCUT2D eigenvalue weighted by molar-refractivity contribution is 6.26. The SMILES string of the molecule is NC(=O)C12N=CC=CC1=NC1=C2C1. The Hall–Kier alpha value is -1.71. The number of primary amides is 1. The predicted octanol–water partition coefficient (Wildman–Crippen LogP) is -0.0365. The van der Waals surface area contributed by atoms with E-state index in [1.807, 2.05) is 0 Å². The van der Waals surface area contributed by atoms with Gasteiger partial charge >= 0.3 is 0 Å². The lowest BCUT2D eigenvalue weighted by Gasteiger charge is -2.24. The molecule has 0 aromatic heterocycles. The summed E-state index contributed by atoms with van der Waals surface area (Å²) in [4.78, 5) is 19.8. The Morgan fingerprint density at radius 1 is 1.62 bits per heavy atom. The number of allylic oxidation sites excluding steroid dienone is 2. The van der Waals surface area contributed by atoms with Gasteiger partial charge < -0.3 is 5.73 Å². The average molecular weight is 173 g/mol. The lowest BCUT2D eigenvalue weighted by atomic mass is 9.88. The van der Waals surface area contributed by atoms with Crippen LogP contribution in [0.3, 0.4) is 0 Å². The molecule has 0 saturated heterocycles. The van der Waals surface area contributed by atoms with Gasteiger partial charge in [-0.05, 0) is 12.2 Å². The highest BCUT2D eigenvalue weighted by Gasteiger charge is 2.55. The maximum absolute atomic E-state index is 11.4. The van der Waals surface area contributed by atoms with Crippen molar-refractivity contribution in [2.75, 3.05) is 0 Å². The minimum atomic E-state index is -0.927. The lowest BCUT2D eigenvalue weighted by molar-refractivity contribution is -0.119. The van der Waals surface area contributed by atoms with Crippen molar-refractivity contribution >= 4 is 17.8 Å². The molecule has 2 heterocycles. The highest BCUT2D eigenvalue weighted by atomic mass is 16.1. The average Bonchev–Trinajstić information content (AvgIpc) is 2.80. The summed E-state index contributed by atoms with van der Waals surface area (Å²) in [6.07, 6.45) is 5.96. The molecule has 1 unspecified atom stereocenters. The number of carbonyl (C=O) groups is 1. The molecule has 1 amide bonds. The second kappa shape index (κ2) is 1.79. The van der Waals surface area contributed by atoms with Gasteiger partial charge in [-0.2, -0.15) is 0 Å². The van der Waals surface area contributed by atoms with Crippen LogP contribution in [-0.4, -0.2) is 23.4 Å². The lowest BCUT2D eigenvalue weighted by Crippen LogP contribution is -2.48. The van der Waals surface area contributed by atoms with Gasteiger partial charge in [0.1, 0.15) is 0 Å². The first kappa shape index (κ1) is 6.77. The van der Waals surface area contributed by atoms with Crippen molar-refractivity contribution in [1.82, 2.24) is 0 Å². The number of amides is 1. The summed E-state index contributed by atoms with van der Waals surface area (Å²) < 4.78 is 0. The molecule has 2 N–H and O–H groups in total. The summed E-state index contributed by atoms with van der Waals surface area (Å²) in [5.74, 6) is -0.422. The Morgan fingerprint density at radius 2 is 2.46 bits per heavy atom. The molecule has 3 aliphatic rings. The fourth-order valence-corrected chi connectivity index (χ4v) is 1.88. The maximum atomic E-state index is 11.4. The number of nitrogens with zero attached hydrogens (tertiary/aromatic N) is 2. The van der Waals surface area contributed by atoms with Crippen LogP contribution in [0.5, 0.6) is 0 Å². The first-order valence-electron chi connectivity index (χ1n) is 4.08. The van der Waals surface area contributed by atoms with E-state index in [9.17, 15) is 4.79 Å². The second-order valence-electron chi connectivity index (χ2n) is 3.31. The minimum absolute atomic E-state index is 0.422. The molecular formula is C9H7N3O. The van der Waals surface area contributed by atoms with Crippen molar-refractivity contribution in [3.8, 4) is 0 Å². The molecule has 0 aromatic rings. The quantitative estimate of drug-likeness (QED) is 0.594. The van der Waals surface area contributed by atoms with Gasteiger partial charge in [0.15, 0.2) is 0 Å². The van der Waals surface area contributed by atoms with E-state index in [0.29, 0.717) is 5.71 Å². The van der Waals surface area contributed by atoms with E-state index >= 15 is 0 Å². The van der Waals surface area contributed by atoms with E-state index in [1.54, 1.807) is 18.4 Å². The summed E-state index contributed by atoms with van der Waals surface area (Å²) in [5, 5.41) is 0. The molecule has 0 fully saturated rings. The van der Waals surface area contributed by atoms with E-state index in [-0.39, 0.29) is 0 Å². The summed E-state index contributed by atoms with van der Waals surface area (Å²) in [6, 6.07) is 0. The van der Waals surface area contributed by atoms with Crippen LogP contribution < -0.4 is 5.73 Å². The second-order valence-corrected chi connectivity index (χ2v) is 3.31. The zero-order valence-corrected chi connectivity index (χ0v) is 6.82. The largest absolute Gasteiger partial charge is 0.367 e. The maximum Gasteiger partial charge on any atom is 0.255 e. The zero-order chi connectivity index (χ0) is 9.05. The number of fused-ring (bicyclic) bond motifs is 2. The van der Waals surface area contributed by atoms with Gasteiger partial charge in [-0.25, -0.2) is 0 Å². The number of nitrogens with two attached hydrogens (primary N) is 1. The Kier molecular flexibility index (Phi) is 0.931. The summed E-state index contributed by atoms with van der Waals surface area (Å²) in [7, 11) is 0. The molecule has 4 nitrogen and oxygen atoms in total. The summed E-state index contributed by atoms with van der Waals surface area (Å²) in [6.45, 7) is 0. The summed E-state index contributed by atoms with van der Waals surface area (Å²) in [5.41, 5.74) is 7.08. The molecule has 1 aliphatic carbocycles. The monoisotopic (exact) mass is 173 g/mol. The molecule has 0 aromatic carbocycles.